The first-order valence-corrected chi connectivity index (χ1v) is 7.91. The molecule has 21 heavy (non-hydrogen) atoms. The minimum atomic E-state index is 0.00721. The third-order valence-corrected chi connectivity index (χ3v) is 3.79. The van der Waals surface area contributed by atoms with Crippen molar-refractivity contribution in [3.05, 3.63) is 65.7 Å². The lowest BCUT2D eigenvalue weighted by Gasteiger charge is -2.17. The first kappa shape index (κ1) is 15.6. The van der Waals surface area contributed by atoms with Gasteiger partial charge in [0.25, 0.3) is 5.91 Å². The first-order chi connectivity index (χ1) is 10.2. The summed E-state index contributed by atoms with van der Waals surface area (Å²) in [6.45, 7) is 1.03. The van der Waals surface area contributed by atoms with E-state index in [0.717, 1.165) is 16.6 Å². The van der Waals surface area contributed by atoms with E-state index in [9.17, 15) is 4.79 Å². The van der Waals surface area contributed by atoms with Gasteiger partial charge in [0, 0.05) is 17.9 Å². The lowest BCUT2D eigenvalue weighted by molar-refractivity contribution is 0.0774. The van der Waals surface area contributed by atoms with Gasteiger partial charge in [-0.25, -0.2) is 0 Å². The van der Waals surface area contributed by atoms with Crippen LogP contribution >= 0.6 is 15.9 Å². The third kappa shape index (κ3) is 4.60. The summed E-state index contributed by atoms with van der Waals surface area (Å²) in [4.78, 5) is 13.9. The van der Waals surface area contributed by atoms with Gasteiger partial charge in [0.05, 0.1) is 6.54 Å². The van der Waals surface area contributed by atoms with Gasteiger partial charge in [0.1, 0.15) is 12.4 Å². The standard InChI is InChI=1S/C17H18BrNO2/c1-19(11-12-21-16-5-3-2-4-6-16)17(20)15-9-7-14(13-18)8-10-15/h2-10H,11-13H2,1H3. The summed E-state index contributed by atoms with van der Waals surface area (Å²) in [5.74, 6) is 0.827. The van der Waals surface area contributed by atoms with E-state index in [1.165, 1.54) is 0 Å². The molecule has 0 aliphatic heterocycles. The molecule has 2 rings (SSSR count). The molecule has 3 nitrogen and oxygen atoms in total. The van der Waals surface area contributed by atoms with E-state index in [1.54, 1.807) is 11.9 Å². The highest BCUT2D eigenvalue weighted by Crippen LogP contribution is 2.10. The highest BCUT2D eigenvalue weighted by Gasteiger charge is 2.11. The van der Waals surface area contributed by atoms with Crippen molar-refractivity contribution in [3.63, 3.8) is 0 Å². The number of rotatable bonds is 6. The molecule has 0 saturated carbocycles. The number of carbonyl (C=O) groups is 1. The molecule has 1 amide bonds. The van der Waals surface area contributed by atoms with Crippen molar-refractivity contribution in [1.82, 2.24) is 4.90 Å². The van der Waals surface area contributed by atoms with Gasteiger partial charge in [-0.3, -0.25) is 4.79 Å². The average Bonchev–Trinajstić information content (AvgIpc) is 2.55. The third-order valence-electron chi connectivity index (χ3n) is 3.14. The molecule has 0 fully saturated rings. The zero-order valence-electron chi connectivity index (χ0n) is 12.0. The molecule has 110 valence electrons. The number of carbonyl (C=O) groups excluding carboxylic acids is 1. The Kier molecular flexibility index (Phi) is 5.81. The normalized spacial score (nSPS) is 10.2. The van der Waals surface area contributed by atoms with Crippen LogP contribution in [0.3, 0.4) is 0 Å². The van der Waals surface area contributed by atoms with Crippen molar-refractivity contribution in [2.75, 3.05) is 20.2 Å². The SMILES string of the molecule is CN(CCOc1ccccc1)C(=O)c1ccc(CBr)cc1. The topological polar surface area (TPSA) is 29.5 Å². The molecule has 0 saturated heterocycles. The van der Waals surface area contributed by atoms with E-state index in [4.69, 9.17) is 4.74 Å². The van der Waals surface area contributed by atoms with Crippen LogP contribution in [0.25, 0.3) is 0 Å². The molecule has 0 unspecified atom stereocenters. The number of nitrogens with zero attached hydrogens (tertiary/aromatic N) is 1. The van der Waals surface area contributed by atoms with Crippen LogP contribution in [0, 0.1) is 0 Å². The molecule has 2 aromatic carbocycles. The number of alkyl halides is 1. The van der Waals surface area contributed by atoms with E-state index in [2.05, 4.69) is 15.9 Å². The second kappa shape index (κ2) is 7.84. The summed E-state index contributed by atoms with van der Waals surface area (Å²) in [7, 11) is 1.79. The number of halogens is 1. The molecular weight excluding hydrogens is 330 g/mol. The van der Waals surface area contributed by atoms with Gasteiger partial charge in [-0.15, -0.1) is 0 Å². The summed E-state index contributed by atoms with van der Waals surface area (Å²) < 4.78 is 5.60. The Balaban J connectivity index is 1.84. The number of hydrogen-bond donors (Lipinski definition) is 0. The zero-order valence-corrected chi connectivity index (χ0v) is 13.5. The molecular formula is C17H18BrNO2. The molecule has 0 atom stereocenters. The highest BCUT2D eigenvalue weighted by molar-refractivity contribution is 9.08. The van der Waals surface area contributed by atoms with E-state index >= 15 is 0 Å². The number of benzene rings is 2. The molecule has 0 N–H and O–H groups in total. The second-order valence-electron chi connectivity index (χ2n) is 4.72. The Bertz CT molecular complexity index is 569. The fraction of sp³-hybridized carbons (Fsp3) is 0.235. The largest absolute Gasteiger partial charge is 0.492 e. The molecule has 0 heterocycles. The molecule has 4 heteroatoms. The highest BCUT2D eigenvalue weighted by atomic mass is 79.9. The molecule has 2 aromatic rings. The average molecular weight is 348 g/mol. The van der Waals surface area contributed by atoms with Crippen LogP contribution in [0.1, 0.15) is 15.9 Å². The van der Waals surface area contributed by atoms with Crippen LogP contribution in [-0.2, 0) is 5.33 Å². The predicted octanol–water partition coefficient (Wildman–Crippen LogP) is 3.73. The lowest BCUT2D eigenvalue weighted by Crippen LogP contribution is -2.30. The molecule has 0 aliphatic rings. The van der Waals surface area contributed by atoms with Gasteiger partial charge < -0.3 is 9.64 Å². The Hall–Kier alpha value is -1.81. The van der Waals surface area contributed by atoms with Gasteiger partial charge in [-0.05, 0) is 29.8 Å². The van der Waals surface area contributed by atoms with Crippen LogP contribution in [0.15, 0.2) is 54.6 Å². The van der Waals surface area contributed by atoms with Gasteiger partial charge in [0.2, 0.25) is 0 Å². The fourth-order valence-electron chi connectivity index (χ4n) is 1.88. The summed E-state index contributed by atoms with van der Waals surface area (Å²) in [6, 6.07) is 17.2. The molecule has 0 bridgehead atoms. The van der Waals surface area contributed by atoms with Crippen LogP contribution in [0.5, 0.6) is 5.75 Å². The predicted molar refractivity (Wildman–Crippen MR) is 88.0 cm³/mol. The van der Waals surface area contributed by atoms with Gasteiger partial charge in [-0.1, -0.05) is 46.3 Å². The Morgan fingerprint density at radius 2 is 1.76 bits per heavy atom. The molecule has 0 aliphatic carbocycles. The van der Waals surface area contributed by atoms with E-state index in [0.29, 0.717) is 18.7 Å². The smallest absolute Gasteiger partial charge is 0.253 e. The molecule has 0 spiro atoms. The fourth-order valence-corrected chi connectivity index (χ4v) is 2.25. The minimum absolute atomic E-state index is 0.00721. The Morgan fingerprint density at radius 3 is 2.38 bits per heavy atom. The quantitative estimate of drug-likeness (QED) is 0.745. The van der Waals surface area contributed by atoms with E-state index in [1.807, 2.05) is 54.6 Å². The first-order valence-electron chi connectivity index (χ1n) is 6.79. The summed E-state index contributed by atoms with van der Waals surface area (Å²) in [5, 5.41) is 0.794. The van der Waals surface area contributed by atoms with Crippen LogP contribution in [-0.4, -0.2) is 31.0 Å². The van der Waals surface area contributed by atoms with Crippen molar-refractivity contribution in [2.45, 2.75) is 5.33 Å². The summed E-state index contributed by atoms with van der Waals surface area (Å²) in [5.41, 5.74) is 1.85. The maximum absolute atomic E-state index is 12.2. The molecule has 0 radical (unpaired) electrons. The van der Waals surface area contributed by atoms with E-state index in [-0.39, 0.29) is 5.91 Å². The Labute approximate surface area is 133 Å². The van der Waals surface area contributed by atoms with Crippen molar-refractivity contribution in [1.29, 1.82) is 0 Å². The van der Waals surface area contributed by atoms with Crippen molar-refractivity contribution in [3.8, 4) is 5.75 Å². The maximum Gasteiger partial charge on any atom is 0.253 e. The van der Waals surface area contributed by atoms with Gasteiger partial charge >= 0.3 is 0 Å². The van der Waals surface area contributed by atoms with Gasteiger partial charge in [0.15, 0.2) is 0 Å². The summed E-state index contributed by atoms with van der Waals surface area (Å²) in [6.07, 6.45) is 0. The van der Waals surface area contributed by atoms with Gasteiger partial charge in [-0.2, -0.15) is 0 Å². The van der Waals surface area contributed by atoms with Crippen molar-refractivity contribution < 1.29 is 9.53 Å². The number of para-hydroxylation sites is 1. The zero-order chi connectivity index (χ0) is 15.1. The number of likely N-dealkylation sites (N-methyl/N-ethyl adjacent to an activating group) is 1. The Morgan fingerprint density at radius 1 is 1.10 bits per heavy atom. The number of amides is 1. The van der Waals surface area contributed by atoms with Crippen LogP contribution < -0.4 is 4.74 Å². The second-order valence-corrected chi connectivity index (χ2v) is 5.28. The maximum atomic E-state index is 12.2. The monoisotopic (exact) mass is 347 g/mol. The number of hydrogen-bond acceptors (Lipinski definition) is 2. The van der Waals surface area contributed by atoms with Crippen LogP contribution in [0.2, 0.25) is 0 Å². The summed E-state index contributed by atoms with van der Waals surface area (Å²) >= 11 is 3.39. The minimum Gasteiger partial charge on any atom is -0.492 e. The lowest BCUT2D eigenvalue weighted by atomic mass is 10.1. The van der Waals surface area contributed by atoms with Crippen molar-refractivity contribution >= 4 is 21.8 Å². The van der Waals surface area contributed by atoms with E-state index < -0.39 is 0 Å². The van der Waals surface area contributed by atoms with Crippen LogP contribution in [0.4, 0.5) is 0 Å². The molecule has 0 aromatic heterocycles. The number of ether oxygens (including phenoxy) is 1. The van der Waals surface area contributed by atoms with Crippen molar-refractivity contribution in [2.24, 2.45) is 0 Å².